The Bertz CT molecular complexity index is 1110. The Balaban J connectivity index is 1.79. The normalized spacial score (nSPS) is 19.7. The summed E-state index contributed by atoms with van der Waals surface area (Å²) in [5.41, 5.74) is 4.16. The number of ether oxygens (including phenoxy) is 1. The van der Waals surface area contributed by atoms with Gasteiger partial charge in [-0.25, -0.2) is 4.98 Å². The first kappa shape index (κ1) is 14.6. The predicted molar refractivity (Wildman–Crippen MR) is 93.3 cm³/mol. The second-order valence-electron chi connectivity index (χ2n) is 6.88. The minimum Gasteiger partial charge on any atom is -0.460 e. The lowest BCUT2D eigenvalue weighted by Crippen LogP contribution is -2.32. The second kappa shape index (κ2) is 5.15. The van der Waals surface area contributed by atoms with Crippen LogP contribution < -0.4 is 16.1 Å². The van der Waals surface area contributed by atoms with Crippen molar-refractivity contribution in [1.29, 1.82) is 0 Å². The number of pyridine rings is 2. The van der Waals surface area contributed by atoms with E-state index in [1.807, 2.05) is 13.0 Å². The molecule has 0 N–H and O–H groups in total. The minimum atomic E-state index is -0.357. The molecule has 2 aromatic heterocycles. The number of fused-ring (bicyclic) bond motifs is 5. The number of cyclic esters (lactones) is 1. The fourth-order valence-corrected chi connectivity index (χ4v) is 4.16. The largest absolute Gasteiger partial charge is 0.460 e. The first-order valence-electron chi connectivity index (χ1n) is 8.81. The molecule has 4 heterocycles. The van der Waals surface area contributed by atoms with Crippen LogP contribution in [0.2, 0.25) is 0 Å². The first-order valence-corrected chi connectivity index (χ1v) is 8.81. The van der Waals surface area contributed by atoms with E-state index in [0.717, 1.165) is 45.9 Å². The predicted octanol–water partition coefficient (Wildman–Crippen LogP) is 1.18. The molecule has 1 unspecified atom stereocenters. The highest BCUT2D eigenvalue weighted by Gasteiger charge is 2.33. The summed E-state index contributed by atoms with van der Waals surface area (Å²) in [6, 6.07) is 4.14. The molecule has 0 radical (unpaired) electrons. The summed E-state index contributed by atoms with van der Waals surface area (Å²) in [5.74, 6) is -0.595. The van der Waals surface area contributed by atoms with Gasteiger partial charge >= 0.3 is 5.97 Å². The number of carbonyl (C=O) groups excluding carboxylic acids is 1. The van der Waals surface area contributed by atoms with Gasteiger partial charge in [0.15, 0.2) is 0 Å². The van der Waals surface area contributed by atoms with Gasteiger partial charge in [-0.05, 0) is 42.2 Å². The van der Waals surface area contributed by atoms with Crippen molar-refractivity contribution in [1.82, 2.24) is 9.55 Å². The average Bonchev–Trinajstić information content (AvgIpc) is 2.98. The number of rotatable bonds is 1. The van der Waals surface area contributed by atoms with Crippen molar-refractivity contribution >= 4 is 18.1 Å². The van der Waals surface area contributed by atoms with Crippen molar-refractivity contribution < 1.29 is 9.53 Å². The van der Waals surface area contributed by atoms with Crippen LogP contribution in [0, 0.1) is 0 Å². The third-order valence-electron chi connectivity index (χ3n) is 5.46. The fraction of sp³-hybridized carbons (Fsp3) is 0.350. The Hall–Kier alpha value is -2.69. The molecule has 5 heteroatoms. The van der Waals surface area contributed by atoms with Gasteiger partial charge in [-0.3, -0.25) is 9.59 Å². The summed E-state index contributed by atoms with van der Waals surface area (Å²) in [6.45, 7) is 2.56. The molecule has 2 aromatic rings. The smallest absolute Gasteiger partial charge is 0.313 e. The number of hydrogen-bond donors (Lipinski definition) is 0. The molecule has 1 aliphatic carbocycles. The highest BCUT2D eigenvalue weighted by Crippen LogP contribution is 2.34. The first-order chi connectivity index (χ1) is 12.2. The van der Waals surface area contributed by atoms with Crippen LogP contribution in [0.15, 0.2) is 16.9 Å². The molecule has 0 saturated carbocycles. The molecular weight excluding hydrogens is 316 g/mol. The highest BCUT2D eigenvalue weighted by molar-refractivity contribution is 5.81. The molecule has 0 amide bonds. The number of carbonyl (C=O) groups is 1. The van der Waals surface area contributed by atoms with E-state index in [2.05, 4.69) is 18.2 Å². The summed E-state index contributed by atoms with van der Waals surface area (Å²) in [5, 5.41) is 2.15. The molecule has 0 bridgehead atoms. The van der Waals surface area contributed by atoms with Crippen molar-refractivity contribution in [2.45, 2.75) is 45.3 Å². The van der Waals surface area contributed by atoms with Gasteiger partial charge in [0, 0.05) is 5.56 Å². The van der Waals surface area contributed by atoms with Crippen LogP contribution in [0.1, 0.15) is 48.8 Å². The maximum Gasteiger partial charge on any atom is 0.313 e. The molecule has 0 aromatic carbocycles. The number of hydrogen-bond acceptors (Lipinski definition) is 4. The summed E-state index contributed by atoms with van der Waals surface area (Å²) < 4.78 is 7.00. The SMILES string of the molecule is CCC1C(=O)OCc2c1cc1n(c2=O)Cc2cc3c(nc2-1)=CCCC=3. The van der Waals surface area contributed by atoms with E-state index in [0.29, 0.717) is 18.5 Å². The molecular formula is C20H18N2O3. The summed E-state index contributed by atoms with van der Waals surface area (Å²) in [4.78, 5) is 29.9. The zero-order valence-electron chi connectivity index (χ0n) is 14.0. The van der Waals surface area contributed by atoms with E-state index >= 15 is 0 Å². The summed E-state index contributed by atoms with van der Waals surface area (Å²) in [6.07, 6.45) is 7.02. The Kier molecular flexibility index (Phi) is 3.02. The molecule has 1 atom stereocenters. The average molecular weight is 334 g/mol. The quantitative estimate of drug-likeness (QED) is 0.627. The highest BCUT2D eigenvalue weighted by atomic mass is 16.5. The topological polar surface area (TPSA) is 61.2 Å². The van der Waals surface area contributed by atoms with Gasteiger partial charge in [-0.15, -0.1) is 0 Å². The van der Waals surface area contributed by atoms with E-state index in [1.165, 1.54) is 0 Å². The zero-order chi connectivity index (χ0) is 17.1. The lowest BCUT2D eigenvalue weighted by molar-refractivity contribution is -0.148. The summed E-state index contributed by atoms with van der Waals surface area (Å²) in [7, 11) is 0. The van der Waals surface area contributed by atoms with Crippen LogP contribution in [0.4, 0.5) is 0 Å². The van der Waals surface area contributed by atoms with Gasteiger partial charge in [0.25, 0.3) is 5.56 Å². The second-order valence-corrected chi connectivity index (χ2v) is 6.88. The van der Waals surface area contributed by atoms with Crippen LogP contribution >= 0.6 is 0 Å². The van der Waals surface area contributed by atoms with Crippen LogP contribution in [-0.4, -0.2) is 15.5 Å². The number of aromatic nitrogens is 2. The molecule has 3 aliphatic rings. The van der Waals surface area contributed by atoms with Crippen molar-refractivity contribution in [3.63, 3.8) is 0 Å². The Labute approximate surface area is 144 Å². The Morgan fingerprint density at radius 3 is 2.92 bits per heavy atom. The van der Waals surface area contributed by atoms with E-state index in [9.17, 15) is 9.59 Å². The summed E-state index contributed by atoms with van der Waals surface area (Å²) >= 11 is 0. The van der Waals surface area contributed by atoms with Crippen LogP contribution in [-0.2, 0) is 22.7 Å². The molecule has 2 aliphatic heterocycles. The molecule has 0 fully saturated rings. The lowest BCUT2D eigenvalue weighted by atomic mass is 9.90. The van der Waals surface area contributed by atoms with Gasteiger partial charge in [0.05, 0.1) is 34.8 Å². The Morgan fingerprint density at radius 1 is 1.24 bits per heavy atom. The van der Waals surface area contributed by atoms with Gasteiger partial charge in [0.2, 0.25) is 0 Å². The maximum atomic E-state index is 13.0. The fourth-order valence-electron chi connectivity index (χ4n) is 4.16. The van der Waals surface area contributed by atoms with E-state index < -0.39 is 0 Å². The van der Waals surface area contributed by atoms with Gasteiger partial charge in [-0.1, -0.05) is 19.1 Å². The molecule has 5 nitrogen and oxygen atoms in total. The van der Waals surface area contributed by atoms with E-state index in [1.54, 1.807) is 4.57 Å². The zero-order valence-corrected chi connectivity index (χ0v) is 14.0. The minimum absolute atomic E-state index is 0.0534. The maximum absolute atomic E-state index is 13.0. The third kappa shape index (κ3) is 1.98. The molecule has 0 saturated heterocycles. The lowest BCUT2D eigenvalue weighted by Gasteiger charge is -2.24. The van der Waals surface area contributed by atoms with Crippen molar-refractivity contribution in [3.8, 4) is 11.4 Å². The molecule has 25 heavy (non-hydrogen) atoms. The van der Waals surface area contributed by atoms with Crippen LogP contribution in [0.25, 0.3) is 23.5 Å². The molecule has 0 spiro atoms. The number of esters is 1. The van der Waals surface area contributed by atoms with Crippen molar-refractivity contribution in [3.05, 3.63) is 49.7 Å². The monoisotopic (exact) mass is 334 g/mol. The Morgan fingerprint density at radius 2 is 2.08 bits per heavy atom. The van der Waals surface area contributed by atoms with Crippen molar-refractivity contribution in [2.75, 3.05) is 0 Å². The third-order valence-corrected chi connectivity index (χ3v) is 5.46. The number of nitrogens with zero attached hydrogens (tertiary/aromatic N) is 2. The van der Waals surface area contributed by atoms with Gasteiger partial charge in [-0.2, -0.15) is 0 Å². The van der Waals surface area contributed by atoms with Gasteiger partial charge < -0.3 is 9.30 Å². The van der Waals surface area contributed by atoms with Crippen LogP contribution in [0.5, 0.6) is 0 Å². The molecule has 126 valence electrons. The van der Waals surface area contributed by atoms with Crippen LogP contribution in [0.3, 0.4) is 0 Å². The van der Waals surface area contributed by atoms with Gasteiger partial charge in [0.1, 0.15) is 6.61 Å². The van der Waals surface area contributed by atoms with E-state index in [4.69, 9.17) is 9.72 Å². The van der Waals surface area contributed by atoms with E-state index in [-0.39, 0.29) is 24.1 Å². The van der Waals surface area contributed by atoms with Crippen molar-refractivity contribution in [2.24, 2.45) is 0 Å². The standard InChI is InChI=1S/C20H18N2O3/c1-2-13-14-8-17-18-12(7-11-5-3-4-6-16(11)21-18)9-22(17)19(23)15(14)10-25-20(13)24/h5-8,13H,2-4,9-10H2,1H3. The molecule has 5 rings (SSSR count).